The van der Waals surface area contributed by atoms with E-state index in [9.17, 15) is 27.9 Å². The first-order valence-electron chi connectivity index (χ1n) is 14.3. The lowest BCUT2D eigenvalue weighted by Crippen LogP contribution is -2.33. The number of carboxylic acids is 1. The van der Waals surface area contributed by atoms with Gasteiger partial charge in [-0.2, -0.15) is 13.2 Å². The highest BCUT2D eigenvalue weighted by atomic mass is 19.4. The molecule has 10 heteroatoms. The quantitative estimate of drug-likeness (QED) is 0.133. The van der Waals surface area contributed by atoms with Gasteiger partial charge in [-0.05, 0) is 54.7 Å². The molecule has 0 saturated carbocycles. The topological polar surface area (TPSA) is 98.6 Å². The van der Waals surface area contributed by atoms with Crippen molar-refractivity contribution in [1.29, 1.82) is 0 Å². The highest BCUT2D eigenvalue weighted by molar-refractivity contribution is 5.97. The Hall–Kier alpha value is -3.95. The van der Waals surface area contributed by atoms with E-state index in [4.69, 9.17) is 9.47 Å². The number of hydrogen-bond donors (Lipinski definition) is 1. The fourth-order valence-electron chi connectivity index (χ4n) is 4.38. The zero-order chi connectivity index (χ0) is 30.5. The summed E-state index contributed by atoms with van der Waals surface area (Å²) < 4.78 is 50.4. The summed E-state index contributed by atoms with van der Waals surface area (Å²) in [5.41, 5.74) is 1.28. The van der Waals surface area contributed by atoms with Gasteiger partial charge >= 0.3 is 18.1 Å². The molecule has 1 atom stereocenters. The minimum Gasteiger partial charge on any atom is -0.490 e. The number of rotatable bonds is 16. The molecule has 42 heavy (non-hydrogen) atoms. The SMILES string of the molecule is CCCCCCCCOc1cnc(-c2ccc(C(=O)O)c(-c3ccc(C(=O)OC(CCCC)C(F)(F)F)cc3)c2)nc1. The number of aromatic carboxylic acids is 1. The molecule has 1 N–H and O–H groups in total. The van der Waals surface area contributed by atoms with Crippen molar-refractivity contribution in [1.82, 2.24) is 9.97 Å². The molecule has 0 fully saturated rings. The van der Waals surface area contributed by atoms with Crippen LogP contribution in [0, 0.1) is 0 Å². The van der Waals surface area contributed by atoms with E-state index in [0.717, 1.165) is 12.8 Å². The number of carbonyl (C=O) groups is 2. The van der Waals surface area contributed by atoms with Gasteiger partial charge in [-0.15, -0.1) is 0 Å². The Labute approximate surface area is 244 Å². The predicted octanol–water partition coefficient (Wildman–Crippen LogP) is 8.53. The third-order valence-corrected chi connectivity index (χ3v) is 6.77. The van der Waals surface area contributed by atoms with Crippen molar-refractivity contribution in [3.8, 4) is 28.3 Å². The van der Waals surface area contributed by atoms with Crippen molar-refractivity contribution < 1.29 is 37.3 Å². The summed E-state index contributed by atoms with van der Waals surface area (Å²) in [5, 5.41) is 9.75. The van der Waals surface area contributed by atoms with Crippen molar-refractivity contribution >= 4 is 11.9 Å². The Bertz CT molecular complexity index is 1290. The summed E-state index contributed by atoms with van der Waals surface area (Å²) in [6.07, 6.45) is 3.70. The summed E-state index contributed by atoms with van der Waals surface area (Å²) >= 11 is 0. The molecule has 1 heterocycles. The second kappa shape index (κ2) is 15.9. The number of ether oxygens (including phenoxy) is 2. The van der Waals surface area contributed by atoms with Gasteiger partial charge in [0.05, 0.1) is 30.1 Å². The number of alkyl halides is 3. The van der Waals surface area contributed by atoms with Crippen molar-refractivity contribution in [2.75, 3.05) is 6.61 Å². The van der Waals surface area contributed by atoms with E-state index >= 15 is 0 Å². The standard InChI is InChI=1S/C32H37F3N2O5/c1-3-5-7-8-9-10-18-41-25-20-36-29(37-21-25)24-16-17-26(30(38)39)27(19-24)22-12-14-23(15-13-22)31(40)42-28(11-6-4-2)32(33,34)35/h12-17,19-21,28H,3-11,18H2,1-2H3,(H,38,39). The zero-order valence-electron chi connectivity index (χ0n) is 24.0. The maximum Gasteiger partial charge on any atom is 0.425 e. The van der Waals surface area contributed by atoms with E-state index in [2.05, 4.69) is 16.9 Å². The van der Waals surface area contributed by atoms with Crippen LogP contribution >= 0.6 is 0 Å². The maximum absolute atomic E-state index is 13.3. The number of hydrogen-bond acceptors (Lipinski definition) is 6. The number of carboxylic acid groups (broad SMARTS) is 1. The normalized spacial score (nSPS) is 12.1. The van der Waals surface area contributed by atoms with Gasteiger partial charge < -0.3 is 14.6 Å². The number of halogens is 3. The van der Waals surface area contributed by atoms with Crippen LogP contribution in [0.15, 0.2) is 54.9 Å². The van der Waals surface area contributed by atoms with Crippen molar-refractivity contribution in [3.05, 3.63) is 66.0 Å². The first kappa shape index (κ1) is 32.6. The van der Waals surface area contributed by atoms with Crippen molar-refractivity contribution in [3.63, 3.8) is 0 Å². The lowest BCUT2D eigenvalue weighted by Gasteiger charge is -2.20. The van der Waals surface area contributed by atoms with E-state index in [-0.39, 0.29) is 24.0 Å². The summed E-state index contributed by atoms with van der Waals surface area (Å²) in [4.78, 5) is 33.1. The van der Waals surface area contributed by atoms with Gasteiger partial charge in [0.1, 0.15) is 0 Å². The van der Waals surface area contributed by atoms with Crippen LogP contribution in [-0.4, -0.2) is 45.9 Å². The van der Waals surface area contributed by atoms with Crippen LogP contribution in [0.25, 0.3) is 22.5 Å². The fraction of sp³-hybridized carbons (Fsp3) is 0.438. The molecule has 0 aliphatic heterocycles. The predicted molar refractivity (Wildman–Crippen MR) is 154 cm³/mol. The molecule has 2 aromatic carbocycles. The summed E-state index contributed by atoms with van der Waals surface area (Å²) in [6.45, 7) is 4.51. The van der Waals surface area contributed by atoms with Gasteiger partial charge in [-0.1, -0.05) is 70.6 Å². The molecule has 0 saturated heterocycles. The third kappa shape index (κ3) is 9.56. The van der Waals surface area contributed by atoms with Gasteiger partial charge in [-0.25, -0.2) is 19.6 Å². The number of benzene rings is 2. The number of esters is 1. The molecular weight excluding hydrogens is 549 g/mol. The highest BCUT2D eigenvalue weighted by Gasteiger charge is 2.42. The van der Waals surface area contributed by atoms with Crippen LogP contribution in [0.1, 0.15) is 92.4 Å². The summed E-state index contributed by atoms with van der Waals surface area (Å²) in [6, 6.07) is 10.2. The highest BCUT2D eigenvalue weighted by Crippen LogP contribution is 2.31. The first-order chi connectivity index (χ1) is 20.1. The van der Waals surface area contributed by atoms with E-state index in [1.54, 1.807) is 31.5 Å². The number of aromatic nitrogens is 2. The molecule has 3 aromatic rings. The van der Waals surface area contributed by atoms with Gasteiger partial charge in [0.25, 0.3) is 0 Å². The summed E-state index contributed by atoms with van der Waals surface area (Å²) in [5.74, 6) is -1.35. The van der Waals surface area contributed by atoms with E-state index in [0.29, 0.717) is 41.3 Å². The molecule has 0 spiro atoms. The zero-order valence-corrected chi connectivity index (χ0v) is 24.0. The smallest absolute Gasteiger partial charge is 0.425 e. The van der Waals surface area contributed by atoms with E-state index in [1.807, 2.05) is 0 Å². The van der Waals surface area contributed by atoms with Crippen LogP contribution in [0.3, 0.4) is 0 Å². The summed E-state index contributed by atoms with van der Waals surface area (Å²) in [7, 11) is 0. The molecule has 1 aromatic heterocycles. The molecule has 7 nitrogen and oxygen atoms in total. The van der Waals surface area contributed by atoms with Crippen LogP contribution in [0.5, 0.6) is 5.75 Å². The molecule has 226 valence electrons. The number of carbonyl (C=O) groups excluding carboxylic acids is 1. The minimum atomic E-state index is -4.66. The molecule has 0 bridgehead atoms. The Morgan fingerprint density at radius 1 is 0.857 bits per heavy atom. The number of nitrogens with zero attached hydrogens (tertiary/aromatic N) is 2. The molecule has 3 rings (SSSR count). The van der Waals surface area contributed by atoms with Crippen LogP contribution in [0.2, 0.25) is 0 Å². The Morgan fingerprint density at radius 3 is 2.10 bits per heavy atom. The molecular formula is C32H37F3N2O5. The molecule has 0 aliphatic rings. The third-order valence-electron chi connectivity index (χ3n) is 6.77. The van der Waals surface area contributed by atoms with Crippen LogP contribution in [0.4, 0.5) is 13.2 Å². The Balaban J connectivity index is 1.73. The van der Waals surface area contributed by atoms with Gasteiger partial charge in [0, 0.05) is 5.56 Å². The van der Waals surface area contributed by atoms with Gasteiger partial charge in [0.2, 0.25) is 0 Å². The molecule has 1 unspecified atom stereocenters. The monoisotopic (exact) mass is 586 g/mol. The number of unbranched alkanes of at least 4 members (excludes halogenated alkanes) is 6. The van der Waals surface area contributed by atoms with E-state index < -0.39 is 24.2 Å². The van der Waals surface area contributed by atoms with Gasteiger partial charge in [-0.3, -0.25) is 0 Å². The second-order valence-electron chi connectivity index (χ2n) is 10.1. The molecule has 0 radical (unpaired) electrons. The largest absolute Gasteiger partial charge is 0.490 e. The average molecular weight is 587 g/mol. The molecule has 0 aliphatic carbocycles. The maximum atomic E-state index is 13.3. The Kier molecular flexibility index (Phi) is 12.3. The minimum absolute atomic E-state index is 0.00432. The van der Waals surface area contributed by atoms with E-state index in [1.165, 1.54) is 56.0 Å². The van der Waals surface area contributed by atoms with Crippen molar-refractivity contribution in [2.24, 2.45) is 0 Å². The van der Waals surface area contributed by atoms with Gasteiger partial charge in [0.15, 0.2) is 17.7 Å². The lowest BCUT2D eigenvalue weighted by atomic mass is 9.96. The first-order valence-corrected chi connectivity index (χ1v) is 14.3. The molecule has 0 amide bonds. The van der Waals surface area contributed by atoms with Crippen molar-refractivity contribution in [2.45, 2.75) is 83.9 Å². The average Bonchev–Trinajstić information content (AvgIpc) is 2.98. The van der Waals surface area contributed by atoms with Crippen LogP contribution < -0.4 is 4.74 Å². The second-order valence-corrected chi connectivity index (χ2v) is 10.1. The fourth-order valence-corrected chi connectivity index (χ4v) is 4.38. The Morgan fingerprint density at radius 2 is 1.48 bits per heavy atom. The van der Waals surface area contributed by atoms with Crippen LogP contribution in [-0.2, 0) is 4.74 Å². The lowest BCUT2D eigenvalue weighted by molar-refractivity contribution is -0.206.